The zero-order valence-electron chi connectivity index (χ0n) is 14.3. The molecule has 1 saturated heterocycles. The van der Waals surface area contributed by atoms with Gasteiger partial charge in [-0.15, -0.1) is 0 Å². The van der Waals surface area contributed by atoms with Gasteiger partial charge >= 0.3 is 0 Å². The highest BCUT2D eigenvalue weighted by Gasteiger charge is 2.34. The average Bonchev–Trinajstić information content (AvgIpc) is 3.04. The van der Waals surface area contributed by atoms with Gasteiger partial charge in [0.2, 0.25) is 11.8 Å². The molecule has 0 unspecified atom stereocenters. The third-order valence-electron chi connectivity index (χ3n) is 5.16. The molecule has 128 valence electrons. The predicted molar refractivity (Wildman–Crippen MR) is 95.6 cm³/mol. The van der Waals surface area contributed by atoms with Gasteiger partial charge in [0, 0.05) is 31.6 Å². The fourth-order valence-electron chi connectivity index (χ4n) is 3.69. The Bertz CT molecular complexity index is 622. The molecule has 1 aromatic rings. The molecule has 2 amide bonds. The van der Waals surface area contributed by atoms with Gasteiger partial charge < -0.3 is 10.2 Å². The van der Waals surface area contributed by atoms with Crippen molar-refractivity contribution in [2.24, 2.45) is 11.8 Å². The van der Waals surface area contributed by atoms with Crippen LogP contribution < -0.4 is 5.32 Å². The van der Waals surface area contributed by atoms with Crippen molar-refractivity contribution in [3.63, 3.8) is 0 Å². The summed E-state index contributed by atoms with van der Waals surface area (Å²) in [6.45, 7) is 3.80. The Morgan fingerprint density at radius 1 is 1.12 bits per heavy atom. The van der Waals surface area contributed by atoms with Gasteiger partial charge in [-0.1, -0.05) is 31.2 Å². The zero-order chi connectivity index (χ0) is 16.9. The Kier molecular flexibility index (Phi) is 5.34. The van der Waals surface area contributed by atoms with E-state index >= 15 is 0 Å². The van der Waals surface area contributed by atoms with Crippen molar-refractivity contribution in [3.05, 3.63) is 42.0 Å². The number of benzene rings is 1. The highest BCUT2D eigenvalue weighted by Crippen LogP contribution is 2.33. The molecule has 2 atom stereocenters. The number of fused-ring (bicyclic) bond motifs is 1. The maximum Gasteiger partial charge on any atom is 0.224 e. The molecule has 0 radical (unpaired) electrons. The van der Waals surface area contributed by atoms with E-state index in [0.717, 1.165) is 38.0 Å². The molecular formula is C20H26N2O2. The molecule has 1 fully saturated rings. The predicted octanol–water partition coefficient (Wildman–Crippen LogP) is 3.39. The number of anilines is 1. The molecule has 1 heterocycles. The van der Waals surface area contributed by atoms with Crippen LogP contribution in [-0.4, -0.2) is 29.8 Å². The molecular weight excluding hydrogens is 300 g/mol. The molecule has 4 heteroatoms. The lowest BCUT2D eigenvalue weighted by atomic mass is 9.86. The second kappa shape index (κ2) is 7.65. The van der Waals surface area contributed by atoms with E-state index < -0.39 is 0 Å². The molecule has 0 spiro atoms. The lowest BCUT2D eigenvalue weighted by Crippen LogP contribution is -2.29. The number of rotatable bonds is 5. The van der Waals surface area contributed by atoms with Crippen LogP contribution in [0.25, 0.3) is 0 Å². The first-order chi connectivity index (χ1) is 11.7. The second-order valence-corrected chi connectivity index (χ2v) is 6.86. The van der Waals surface area contributed by atoms with Crippen molar-refractivity contribution >= 4 is 17.5 Å². The van der Waals surface area contributed by atoms with Gasteiger partial charge in [0.05, 0.1) is 0 Å². The maximum absolute atomic E-state index is 12.4. The summed E-state index contributed by atoms with van der Waals surface area (Å²) < 4.78 is 0. The van der Waals surface area contributed by atoms with Gasteiger partial charge in [-0.25, -0.2) is 0 Å². The summed E-state index contributed by atoms with van der Waals surface area (Å²) in [6, 6.07) is 7.86. The molecule has 0 aromatic heterocycles. The van der Waals surface area contributed by atoms with Crippen molar-refractivity contribution in [2.45, 2.75) is 39.0 Å². The summed E-state index contributed by atoms with van der Waals surface area (Å²) in [7, 11) is 0. The minimum atomic E-state index is -0.0881. The van der Waals surface area contributed by atoms with Crippen molar-refractivity contribution < 1.29 is 9.59 Å². The molecule has 1 aromatic carbocycles. The second-order valence-electron chi connectivity index (χ2n) is 6.86. The van der Waals surface area contributed by atoms with Crippen LogP contribution in [0.2, 0.25) is 0 Å². The number of hydrogen-bond donors (Lipinski definition) is 1. The molecule has 4 nitrogen and oxygen atoms in total. The van der Waals surface area contributed by atoms with Gasteiger partial charge in [-0.2, -0.15) is 0 Å². The third kappa shape index (κ3) is 4.05. The minimum absolute atomic E-state index is 0.0881. The molecule has 2 aliphatic rings. The number of hydrogen-bond acceptors (Lipinski definition) is 2. The number of amides is 2. The lowest BCUT2D eigenvalue weighted by molar-refractivity contribution is -0.132. The Labute approximate surface area is 143 Å². The van der Waals surface area contributed by atoms with Crippen LogP contribution >= 0.6 is 0 Å². The minimum Gasteiger partial charge on any atom is -0.342 e. The van der Waals surface area contributed by atoms with E-state index in [9.17, 15) is 9.59 Å². The van der Waals surface area contributed by atoms with Crippen molar-refractivity contribution in [3.8, 4) is 0 Å². The number of nitrogens with zero attached hydrogens (tertiary/aromatic N) is 1. The molecule has 24 heavy (non-hydrogen) atoms. The van der Waals surface area contributed by atoms with Gasteiger partial charge in [-0.3, -0.25) is 9.59 Å². The lowest BCUT2D eigenvalue weighted by Gasteiger charge is -2.17. The highest BCUT2D eigenvalue weighted by molar-refractivity contribution is 5.93. The average molecular weight is 326 g/mol. The van der Waals surface area contributed by atoms with E-state index in [-0.39, 0.29) is 18.2 Å². The summed E-state index contributed by atoms with van der Waals surface area (Å²) in [6.07, 6.45) is 8.12. The maximum atomic E-state index is 12.4. The molecule has 0 saturated carbocycles. The number of carbonyl (C=O) groups excluding carboxylic acids is 2. The standard InChI is InChI=1S/C20H26N2O2/c1-2-15-6-5-9-18(12-15)21-19(23)10-11-20(24)22-13-16-7-3-4-8-17(16)14-22/h3-6,9,12,16-17H,2,7-8,10-11,13-14H2,1H3,(H,21,23)/t16-,17+. The molecule has 1 aliphatic heterocycles. The van der Waals surface area contributed by atoms with E-state index in [1.807, 2.05) is 29.2 Å². The molecule has 3 rings (SSSR count). The van der Waals surface area contributed by atoms with E-state index in [1.54, 1.807) is 0 Å². The van der Waals surface area contributed by atoms with Crippen LogP contribution in [-0.2, 0) is 16.0 Å². The van der Waals surface area contributed by atoms with Gasteiger partial charge in [0.15, 0.2) is 0 Å². The van der Waals surface area contributed by atoms with Gasteiger partial charge in [0.1, 0.15) is 0 Å². The Morgan fingerprint density at radius 2 is 1.83 bits per heavy atom. The Morgan fingerprint density at radius 3 is 2.50 bits per heavy atom. The first-order valence-corrected chi connectivity index (χ1v) is 8.97. The van der Waals surface area contributed by atoms with E-state index in [2.05, 4.69) is 24.4 Å². The fourth-order valence-corrected chi connectivity index (χ4v) is 3.69. The van der Waals surface area contributed by atoms with Crippen LogP contribution in [0.15, 0.2) is 36.4 Å². The van der Waals surface area contributed by atoms with E-state index in [1.165, 1.54) is 5.56 Å². The number of aryl methyl sites for hydroxylation is 1. The summed E-state index contributed by atoms with van der Waals surface area (Å²) in [4.78, 5) is 26.4. The smallest absolute Gasteiger partial charge is 0.224 e. The number of likely N-dealkylation sites (tertiary alicyclic amines) is 1. The van der Waals surface area contributed by atoms with Crippen molar-refractivity contribution in [1.29, 1.82) is 0 Å². The molecule has 1 N–H and O–H groups in total. The topological polar surface area (TPSA) is 49.4 Å². The monoisotopic (exact) mass is 326 g/mol. The largest absolute Gasteiger partial charge is 0.342 e. The first-order valence-electron chi connectivity index (χ1n) is 8.97. The van der Waals surface area contributed by atoms with Crippen molar-refractivity contribution in [2.75, 3.05) is 18.4 Å². The summed E-state index contributed by atoms with van der Waals surface area (Å²) in [5.41, 5.74) is 2.00. The fraction of sp³-hybridized carbons (Fsp3) is 0.500. The zero-order valence-corrected chi connectivity index (χ0v) is 14.3. The van der Waals surface area contributed by atoms with Crippen LogP contribution in [0, 0.1) is 11.8 Å². The van der Waals surface area contributed by atoms with Crippen molar-refractivity contribution in [1.82, 2.24) is 4.90 Å². The highest BCUT2D eigenvalue weighted by atomic mass is 16.2. The Balaban J connectivity index is 1.45. The third-order valence-corrected chi connectivity index (χ3v) is 5.16. The normalized spacial score (nSPS) is 22.3. The van der Waals surface area contributed by atoms with Crippen LogP contribution in [0.5, 0.6) is 0 Å². The SMILES string of the molecule is CCc1cccc(NC(=O)CCC(=O)N2C[C@H]3CC=CC[C@H]3C2)c1. The van der Waals surface area contributed by atoms with Crippen LogP contribution in [0.4, 0.5) is 5.69 Å². The van der Waals surface area contributed by atoms with Crippen LogP contribution in [0.1, 0.15) is 38.2 Å². The van der Waals surface area contributed by atoms with Crippen LogP contribution in [0.3, 0.4) is 0 Å². The summed E-state index contributed by atoms with van der Waals surface area (Å²) in [5, 5.41) is 2.89. The quantitative estimate of drug-likeness (QED) is 0.843. The van der Waals surface area contributed by atoms with E-state index in [4.69, 9.17) is 0 Å². The Hall–Kier alpha value is -2.10. The van der Waals surface area contributed by atoms with E-state index in [0.29, 0.717) is 18.3 Å². The summed E-state index contributed by atoms with van der Waals surface area (Å²) >= 11 is 0. The number of allylic oxidation sites excluding steroid dienone is 2. The molecule has 1 aliphatic carbocycles. The molecule has 0 bridgehead atoms. The number of carbonyl (C=O) groups is 2. The first kappa shape index (κ1) is 16.7. The summed E-state index contributed by atoms with van der Waals surface area (Å²) in [5.74, 6) is 1.26. The van der Waals surface area contributed by atoms with Gasteiger partial charge in [-0.05, 0) is 48.8 Å². The number of nitrogens with one attached hydrogen (secondary N) is 1. The van der Waals surface area contributed by atoms with Gasteiger partial charge in [0.25, 0.3) is 0 Å².